The van der Waals surface area contributed by atoms with Crippen molar-refractivity contribution in [2.75, 3.05) is 37.5 Å². The van der Waals surface area contributed by atoms with Gasteiger partial charge in [0.25, 0.3) is 5.69 Å². The average molecular weight is 389 g/mol. The number of hydrogen-bond acceptors (Lipinski definition) is 7. The van der Waals surface area contributed by atoms with Gasteiger partial charge >= 0.3 is 0 Å². The summed E-state index contributed by atoms with van der Waals surface area (Å²) in [7, 11) is 1.45. The van der Waals surface area contributed by atoms with Crippen molar-refractivity contribution in [1.29, 1.82) is 0 Å². The predicted octanol–water partition coefficient (Wildman–Crippen LogP) is 3.45. The molecule has 0 bridgehead atoms. The zero-order valence-electron chi connectivity index (χ0n) is 16.0. The Labute approximate surface area is 162 Å². The molecule has 0 aliphatic carbocycles. The summed E-state index contributed by atoms with van der Waals surface area (Å²) in [4.78, 5) is 22.7. The molecule has 0 fully saturated rings. The van der Waals surface area contributed by atoms with Crippen molar-refractivity contribution in [3.63, 3.8) is 0 Å². The van der Waals surface area contributed by atoms with Crippen LogP contribution in [0.5, 0.6) is 17.2 Å². The Hall–Kier alpha value is -3.49. The normalized spacial score (nSPS) is 10.1. The molecule has 28 heavy (non-hydrogen) atoms. The van der Waals surface area contributed by atoms with Crippen molar-refractivity contribution in [1.82, 2.24) is 0 Å². The number of nitro groups is 1. The highest BCUT2D eigenvalue weighted by Gasteiger charge is 2.13. The van der Waals surface area contributed by atoms with Gasteiger partial charge in [0.15, 0.2) is 11.5 Å². The van der Waals surface area contributed by atoms with Crippen LogP contribution in [-0.2, 0) is 4.79 Å². The lowest BCUT2D eigenvalue weighted by atomic mass is 10.2. The van der Waals surface area contributed by atoms with E-state index in [0.717, 1.165) is 0 Å². The van der Waals surface area contributed by atoms with Crippen LogP contribution < -0.4 is 24.8 Å². The molecule has 9 heteroatoms. The summed E-state index contributed by atoms with van der Waals surface area (Å²) in [5.74, 6) is 1.20. The molecule has 0 aliphatic rings. The largest absolute Gasteiger partial charge is 0.495 e. The fourth-order valence-electron chi connectivity index (χ4n) is 2.46. The van der Waals surface area contributed by atoms with Crippen LogP contribution in [0, 0.1) is 10.1 Å². The van der Waals surface area contributed by atoms with Gasteiger partial charge in [0.05, 0.1) is 37.5 Å². The highest BCUT2D eigenvalue weighted by Crippen LogP contribution is 2.31. The van der Waals surface area contributed by atoms with Gasteiger partial charge in [0, 0.05) is 23.9 Å². The first-order valence-corrected chi connectivity index (χ1v) is 8.74. The van der Waals surface area contributed by atoms with Gasteiger partial charge in [0.1, 0.15) is 5.75 Å². The molecule has 0 atom stereocenters. The summed E-state index contributed by atoms with van der Waals surface area (Å²) in [5.41, 5.74) is 0.801. The number of rotatable bonds is 10. The maximum absolute atomic E-state index is 12.3. The number of nitrogens with zero attached hydrogens (tertiary/aromatic N) is 1. The lowest BCUT2D eigenvalue weighted by molar-refractivity contribution is -0.384. The topological polar surface area (TPSA) is 112 Å². The molecular weight excluding hydrogens is 366 g/mol. The molecule has 0 unspecified atom stereocenters. The van der Waals surface area contributed by atoms with E-state index in [1.165, 1.54) is 25.3 Å². The van der Waals surface area contributed by atoms with E-state index in [-0.39, 0.29) is 18.1 Å². The number of non-ortho nitro benzene ring substituents is 1. The highest BCUT2D eigenvalue weighted by molar-refractivity contribution is 5.94. The van der Waals surface area contributed by atoms with Crippen molar-refractivity contribution in [3.05, 3.63) is 46.5 Å². The molecule has 0 saturated carbocycles. The van der Waals surface area contributed by atoms with Crippen LogP contribution in [0.2, 0.25) is 0 Å². The van der Waals surface area contributed by atoms with Crippen LogP contribution in [0.4, 0.5) is 17.1 Å². The Morgan fingerprint density at radius 3 is 2.36 bits per heavy atom. The number of carbonyl (C=O) groups excluding carboxylic acids is 1. The van der Waals surface area contributed by atoms with E-state index >= 15 is 0 Å². The Kier molecular flexibility index (Phi) is 7.44. The molecule has 0 saturated heterocycles. The minimum atomic E-state index is -0.514. The smallest absolute Gasteiger partial charge is 0.271 e. The second-order valence-corrected chi connectivity index (χ2v) is 5.57. The number of methoxy groups -OCH3 is 1. The van der Waals surface area contributed by atoms with Crippen molar-refractivity contribution < 1.29 is 23.9 Å². The summed E-state index contributed by atoms with van der Waals surface area (Å²) in [5, 5.41) is 16.5. The number of hydrogen-bond donors (Lipinski definition) is 2. The minimum absolute atomic E-state index is 0.100. The van der Waals surface area contributed by atoms with Gasteiger partial charge in [-0.15, -0.1) is 0 Å². The first-order chi connectivity index (χ1) is 13.5. The molecule has 150 valence electrons. The molecule has 2 N–H and O–H groups in total. The minimum Gasteiger partial charge on any atom is -0.495 e. The van der Waals surface area contributed by atoms with Gasteiger partial charge in [-0.2, -0.15) is 0 Å². The molecule has 2 rings (SSSR count). The molecule has 9 nitrogen and oxygen atoms in total. The number of benzene rings is 2. The van der Waals surface area contributed by atoms with Crippen molar-refractivity contribution in [3.8, 4) is 17.2 Å². The Bertz CT molecular complexity index is 840. The van der Waals surface area contributed by atoms with Gasteiger partial charge in [-0.1, -0.05) is 0 Å². The third kappa shape index (κ3) is 5.50. The fraction of sp³-hybridized carbons (Fsp3) is 0.316. The Morgan fingerprint density at radius 2 is 1.71 bits per heavy atom. The molecule has 0 aromatic heterocycles. The first-order valence-electron chi connectivity index (χ1n) is 8.74. The summed E-state index contributed by atoms with van der Waals surface area (Å²) in [6.45, 7) is 4.59. The lowest BCUT2D eigenvalue weighted by Gasteiger charge is -2.14. The first kappa shape index (κ1) is 20.8. The van der Waals surface area contributed by atoms with E-state index in [4.69, 9.17) is 14.2 Å². The molecule has 0 aliphatic heterocycles. The van der Waals surface area contributed by atoms with Gasteiger partial charge < -0.3 is 24.8 Å². The fourth-order valence-corrected chi connectivity index (χ4v) is 2.46. The Balaban J connectivity index is 2.05. The predicted molar refractivity (Wildman–Crippen MR) is 106 cm³/mol. The van der Waals surface area contributed by atoms with E-state index in [2.05, 4.69) is 10.6 Å². The third-order valence-corrected chi connectivity index (χ3v) is 3.66. The highest BCUT2D eigenvalue weighted by atomic mass is 16.6. The second kappa shape index (κ2) is 10.0. The second-order valence-electron chi connectivity index (χ2n) is 5.57. The van der Waals surface area contributed by atoms with Crippen molar-refractivity contribution in [2.45, 2.75) is 13.8 Å². The average Bonchev–Trinajstić information content (AvgIpc) is 2.68. The number of nitrogens with one attached hydrogen (secondary N) is 2. The monoisotopic (exact) mass is 389 g/mol. The van der Waals surface area contributed by atoms with E-state index < -0.39 is 4.92 Å². The molecule has 0 spiro atoms. The van der Waals surface area contributed by atoms with Crippen LogP contribution >= 0.6 is 0 Å². The van der Waals surface area contributed by atoms with Gasteiger partial charge in [-0.3, -0.25) is 14.9 Å². The number of anilines is 2. The molecule has 2 aromatic rings. The molecular formula is C19H23N3O6. The van der Waals surface area contributed by atoms with Crippen molar-refractivity contribution in [2.24, 2.45) is 0 Å². The van der Waals surface area contributed by atoms with E-state index in [1.54, 1.807) is 18.2 Å². The standard InChI is InChI=1S/C19H23N3O6/c1-4-27-17-8-6-13(10-18(17)28-5-2)21-19(23)12-20-15-11-14(22(24)25)7-9-16(15)26-3/h6-11,20H,4-5,12H2,1-3H3,(H,21,23). The quantitative estimate of drug-likeness (QED) is 0.473. The van der Waals surface area contributed by atoms with Crippen molar-refractivity contribution >= 4 is 23.0 Å². The van der Waals surface area contributed by atoms with Crippen LogP contribution in [0.3, 0.4) is 0 Å². The Morgan fingerprint density at radius 1 is 1.04 bits per heavy atom. The summed E-state index contributed by atoms with van der Waals surface area (Å²) >= 11 is 0. The number of amides is 1. The summed E-state index contributed by atoms with van der Waals surface area (Å²) < 4.78 is 16.2. The van der Waals surface area contributed by atoms with Gasteiger partial charge in [-0.25, -0.2) is 0 Å². The molecule has 2 aromatic carbocycles. The third-order valence-electron chi connectivity index (χ3n) is 3.66. The zero-order valence-corrected chi connectivity index (χ0v) is 16.0. The SMILES string of the molecule is CCOc1ccc(NC(=O)CNc2cc([N+](=O)[O-])ccc2OC)cc1OCC. The van der Waals surface area contributed by atoms with E-state index in [0.29, 0.717) is 41.8 Å². The van der Waals surface area contributed by atoms with Crippen LogP contribution in [0.1, 0.15) is 13.8 Å². The number of carbonyl (C=O) groups is 1. The van der Waals surface area contributed by atoms with Crippen LogP contribution in [-0.4, -0.2) is 37.7 Å². The molecule has 1 amide bonds. The van der Waals surface area contributed by atoms with Gasteiger partial charge in [-0.05, 0) is 32.0 Å². The maximum Gasteiger partial charge on any atom is 0.271 e. The number of nitro benzene ring substituents is 1. The van der Waals surface area contributed by atoms with E-state index in [9.17, 15) is 14.9 Å². The van der Waals surface area contributed by atoms with Crippen LogP contribution in [0.25, 0.3) is 0 Å². The maximum atomic E-state index is 12.3. The lowest BCUT2D eigenvalue weighted by Crippen LogP contribution is -2.22. The molecule has 0 radical (unpaired) electrons. The van der Waals surface area contributed by atoms with Gasteiger partial charge in [0.2, 0.25) is 5.91 Å². The van der Waals surface area contributed by atoms with Crippen LogP contribution in [0.15, 0.2) is 36.4 Å². The summed E-state index contributed by atoms with van der Waals surface area (Å²) in [6, 6.07) is 9.23. The zero-order chi connectivity index (χ0) is 20.5. The molecule has 0 heterocycles. The van der Waals surface area contributed by atoms with E-state index in [1.807, 2.05) is 13.8 Å². The number of ether oxygens (including phenoxy) is 3. The summed E-state index contributed by atoms with van der Waals surface area (Å²) in [6.07, 6.45) is 0.